The van der Waals surface area contributed by atoms with Gasteiger partial charge in [0.05, 0.1) is 21.7 Å². The molecule has 3 aromatic carbocycles. The standard InChI is InChI=1S/C23H18ClF3N4O4/c1-13(28-19-10-9-14(23(25,26)27)11-20(19)31(34)35)21(32)30-18-8-3-2-7-17(18)22(33)29-16-6-4-5-15(24)12-16/h2-13,28H,1H3,(H,29,33)(H,30,32)/t13-/m0/s1. The SMILES string of the molecule is C[C@H](Nc1ccc(C(F)(F)F)cc1[N+](=O)[O-])C(=O)Nc1ccccc1C(=O)Nc1cccc(Cl)c1. The van der Waals surface area contributed by atoms with Crippen molar-refractivity contribution in [2.75, 3.05) is 16.0 Å². The summed E-state index contributed by atoms with van der Waals surface area (Å²) in [7, 11) is 0. The van der Waals surface area contributed by atoms with Gasteiger partial charge >= 0.3 is 6.18 Å². The lowest BCUT2D eigenvalue weighted by molar-refractivity contribution is -0.384. The quantitative estimate of drug-likeness (QED) is 0.270. The average Bonchev–Trinajstić information content (AvgIpc) is 2.78. The van der Waals surface area contributed by atoms with Gasteiger partial charge in [-0.2, -0.15) is 13.2 Å². The summed E-state index contributed by atoms with van der Waals surface area (Å²) in [4.78, 5) is 35.8. The summed E-state index contributed by atoms with van der Waals surface area (Å²) in [5.41, 5.74) is -1.56. The van der Waals surface area contributed by atoms with Crippen LogP contribution in [0.3, 0.4) is 0 Å². The molecule has 0 saturated heterocycles. The van der Waals surface area contributed by atoms with Gasteiger partial charge in [0.25, 0.3) is 11.6 Å². The van der Waals surface area contributed by atoms with Crippen LogP contribution in [-0.4, -0.2) is 22.8 Å². The predicted octanol–water partition coefficient (Wildman–Crippen LogP) is 5.96. The molecule has 0 radical (unpaired) electrons. The summed E-state index contributed by atoms with van der Waals surface area (Å²) in [6.07, 6.45) is -4.76. The van der Waals surface area contributed by atoms with Crippen LogP contribution in [0.25, 0.3) is 0 Å². The molecule has 2 amide bonds. The molecule has 0 saturated carbocycles. The third-order valence-electron chi connectivity index (χ3n) is 4.80. The minimum atomic E-state index is -4.76. The number of hydrogen-bond acceptors (Lipinski definition) is 5. The van der Waals surface area contributed by atoms with Gasteiger partial charge in [-0.3, -0.25) is 19.7 Å². The van der Waals surface area contributed by atoms with Crippen molar-refractivity contribution in [3.05, 3.63) is 93.0 Å². The van der Waals surface area contributed by atoms with Crippen molar-refractivity contribution in [3.63, 3.8) is 0 Å². The van der Waals surface area contributed by atoms with E-state index in [2.05, 4.69) is 16.0 Å². The number of nitrogens with zero attached hydrogens (tertiary/aromatic N) is 1. The first-order valence-corrected chi connectivity index (χ1v) is 10.4. The Morgan fingerprint density at radius 3 is 2.34 bits per heavy atom. The molecule has 3 rings (SSSR count). The number of halogens is 4. The number of carbonyl (C=O) groups excluding carboxylic acids is 2. The van der Waals surface area contributed by atoms with E-state index in [1.54, 1.807) is 36.4 Å². The minimum absolute atomic E-state index is 0.133. The molecule has 0 heterocycles. The van der Waals surface area contributed by atoms with Crippen LogP contribution in [0.2, 0.25) is 5.02 Å². The lowest BCUT2D eigenvalue weighted by atomic mass is 10.1. The van der Waals surface area contributed by atoms with E-state index in [4.69, 9.17) is 11.6 Å². The van der Waals surface area contributed by atoms with E-state index in [0.717, 1.165) is 6.07 Å². The van der Waals surface area contributed by atoms with Crippen molar-refractivity contribution in [1.29, 1.82) is 0 Å². The molecule has 3 aromatic rings. The van der Waals surface area contributed by atoms with Gasteiger partial charge in [-0.25, -0.2) is 0 Å². The molecular formula is C23H18ClF3N4O4. The highest BCUT2D eigenvalue weighted by Gasteiger charge is 2.33. The fourth-order valence-corrected chi connectivity index (χ4v) is 3.27. The van der Waals surface area contributed by atoms with Gasteiger partial charge in [-0.1, -0.05) is 29.8 Å². The zero-order valence-electron chi connectivity index (χ0n) is 18.0. The van der Waals surface area contributed by atoms with Gasteiger partial charge in [-0.05, 0) is 49.4 Å². The van der Waals surface area contributed by atoms with Gasteiger partial charge in [0.1, 0.15) is 11.7 Å². The average molecular weight is 507 g/mol. The summed E-state index contributed by atoms with van der Waals surface area (Å²) in [5.74, 6) is -1.20. The van der Waals surface area contributed by atoms with E-state index >= 15 is 0 Å². The highest BCUT2D eigenvalue weighted by molar-refractivity contribution is 6.31. The zero-order valence-corrected chi connectivity index (χ0v) is 18.8. The number of nitro groups is 1. The van der Waals surface area contributed by atoms with Crippen molar-refractivity contribution >= 4 is 46.2 Å². The first kappa shape index (κ1) is 25.5. The van der Waals surface area contributed by atoms with Crippen LogP contribution < -0.4 is 16.0 Å². The molecule has 182 valence electrons. The summed E-state index contributed by atoms with van der Waals surface area (Å²) < 4.78 is 38.7. The second kappa shape index (κ2) is 10.4. The first-order valence-electron chi connectivity index (χ1n) is 10.0. The Hall–Kier alpha value is -4.12. The summed E-state index contributed by atoms with van der Waals surface area (Å²) in [6.45, 7) is 1.37. The van der Waals surface area contributed by atoms with Crippen LogP contribution in [0.5, 0.6) is 0 Å². The van der Waals surface area contributed by atoms with Gasteiger partial charge in [0.2, 0.25) is 5.91 Å². The first-order chi connectivity index (χ1) is 16.5. The van der Waals surface area contributed by atoms with Crippen LogP contribution in [0.4, 0.5) is 35.9 Å². The molecule has 12 heteroatoms. The summed E-state index contributed by atoms with van der Waals surface area (Å²) >= 11 is 5.92. The molecule has 0 spiro atoms. The molecule has 0 aliphatic rings. The molecule has 3 N–H and O–H groups in total. The number of benzene rings is 3. The minimum Gasteiger partial charge on any atom is -0.368 e. The maximum atomic E-state index is 12.9. The second-order valence-electron chi connectivity index (χ2n) is 7.35. The Morgan fingerprint density at radius 1 is 0.971 bits per heavy atom. The maximum absolute atomic E-state index is 12.9. The number of nitro benzene ring substituents is 1. The van der Waals surface area contributed by atoms with E-state index in [0.29, 0.717) is 22.8 Å². The van der Waals surface area contributed by atoms with Crippen LogP contribution in [0, 0.1) is 10.1 Å². The molecule has 8 nitrogen and oxygen atoms in total. The Bertz CT molecular complexity index is 1280. The molecule has 0 unspecified atom stereocenters. The maximum Gasteiger partial charge on any atom is 0.416 e. The third-order valence-corrected chi connectivity index (χ3v) is 5.03. The van der Waals surface area contributed by atoms with Crippen molar-refractivity contribution in [2.45, 2.75) is 19.1 Å². The van der Waals surface area contributed by atoms with Crippen molar-refractivity contribution in [3.8, 4) is 0 Å². The molecule has 0 fully saturated rings. The van der Waals surface area contributed by atoms with Crippen LogP contribution in [0.15, 0.2) is 66.7 Å². The number of nitrogens with one attached hydrogen (secondary N) is 3. The Kier molecular flexibility index (Phi) is 7.60. The van der Waals surface area contributed by atoms with E-state index in [-0.39, 0.29) is 16.9 Å². The largest absolute Gasteiger partial charge is 0.416 e. The number of anilines is 3. The van der Waals surface area contributed by atoms with Crippen molar-refractivity contribution in [1.82, 2.24) is 0 Å². The van der Waals surface area contributed by atoms with E-state index < -0.39 is 40.2 Å². The van der Waals surface area contributed by atoms with E-state index in [1.165, 1.54) is 19.1 Å². The predicted molar refractivity (Wildman–Crippen MR) is 126 cm³/mol. The van der Waals surface area contributed by atoms with Gasteiger partial charge < -0.3 is 16.0 Å². The smallest absolute Gasteiger partial charge is 0.368 e. The molecule has 35 heavy (non-hydrogen) atoms. The normalized spacial score (nSPS) is 11.9. The Balaban J connectivity index is 1.76. The topological polar surface area (TPSA) is 113 Å². The van der Waals surface area contributed by atoms with Crippen LogP contribution in [0.1, 0.15) is 22.8 Å². The Morgan fingerprint density at radius 2 is 1.69 bits per heavy atom. The monoisotopic (exact) mass is 506 g/mol. The van der Waals surface area contributed by atoms with Crippen molar-refractivity contribution in [2.24, 2.45) is 0 Å². The van der Waals surface area contributed by atoms with Crippen LogP contribution in [-0.2, 0) is 11.0 Å². The highest BCUT2D eigenvalue weighted by Crippen LogP contribution is 2.35. The molecule has 0 bridgehead atoms. The lowest BCUT2D eigenvalue weighted by Crippen LogP contribution is -2.32. The number of carbonyl (C=O) groups is 2. The van der Waals surface area contributed by atoms with E-state index in [1.807, 2.05) is 0 Å². The summed E-state index contributed by atoms with van der Waals surface area (Å²) in [6, 6.07) is 13.5. The third kappa shape index (κ3) is 6.48. The number of hydrogen-bond donors (Lipinski definition) is 3. The molecule has 1 atom stereocenters. The van der Waals surface area contributed by atoms with Gasteiger partial charge in [0.15, 0.2) is 0 Å². The summed E-state index contributed by atoms with van der Waals surface area (Å²) in [5, 5.41) is 19.5. The number of para-hydroxylation sites is 1. The number of alkyl halides is 3. The van der Waals surface area contributed by atoms with Crippen LogP contribution >= 0.6 is 11.6 Å². The fraction of sp³-hybridized carbons (Fsp3) is 0.130. The number of rotatable bonds is 7. The van der Waals surface area contributed by atoms with E-state index in [9.17, 15) is 32.9 Å². The zero-order chi connectivity index (χ0) is 25.8. The molecular weight excluding hydrogens is 489 g/mol. The molecule has 0 aliphatic carbocycles. The van der Waals surface area contributed by atoms with Crippen molar-refractivity contribution < 1.29 is 27.7 Å². The second-order valence-corrected chi connectivity index (χ2v) is 7.79. The van der Waals surface area contributed by atoms with Gasteiger partial charge in [-0.15, -0.1) is 0 Å². The Labute approximate surface area is 202 Å². The molecule has 0 aliphatic heterocycles. The lowest BCUT2D eigenvalue weighted by Gasteiger charge is -2.17. The van der Waals surface area contributed by atoms with Gasteiger partial charge in [0, 0.05) is 16.8 Å². The number of amides is 2. The fourth-order valence-electron chi connectivity index (χ4n) is 3.08. The molecule has 0 aromatic heterocycles. The highest BCUT2D eigenvalue weighted by atomic mass is 35.5.